The topological polar surface area (TPSA) is 158 Å². The number of carbonyl (C=O) groups excluding carboxylic acids is 3. The summed E-state index contributed by atoms with van der Waals surface area (Å²) in [4.78, 5) is 51.3. The maximum absolute atomic E-state index is 14.3. The molecule has 0 radical (unpaired) electrons. The van der Waals surface area contributed by atoms with Gasteiger partial charge in [0.2, 0.25) is 11.8 Å². The number of unbranched alkanes of at least 4 members (excludes halogenated alkanes) is 1. The van der Waals surface area contributed by atoms with E-state index >= 15 is 0 Å². The highest BCUT2D eigenvalue weighted by molar-refractivity contribution is 5.90. The molecule has 0 aliphatic heterocycles. The summed E-state index contributed by atoms with van der Waals surface area (Å²) >= 11 is 0. The van der Waals surface area contributed by atoms with Crippen molar-refractivity contribution >= 4 is 34.5 Å². The molecular formula is C34H38F3N5O7. The maximum atomic E-state index is 14.3. The van der Waals surface area contributed by atoms with Crippen LogP contribution in [0.15, 0.2) is 71.7 Å². The first-order chi connectivity index (χ1) is 23.4. The Morgan fingerprint density at radius 2 is 1.82 bits per heavy atom. The predicted octanol–water partition coefficient (Wildman–Crippen LogP) is 4.86. The first kappa shape index (κ1) is 37.9. The summed E-state index contributed by atoms with van der Waals surface area (Å²) in [5.41, 5.74) is 5.42. The van der Waals surface area contributed by atoms with E-state index in [0.717, 1.165) is 18.2 Å². The van der Waals surface area contributed by atoms with Crippen molar-refractivity contribution in [2.75, 3.05) is 39.7 Å². The largest absolute Gasteiger partial charge is 0.486 e. The molecule has 4 rings (SSSR count). The van der Waals surface area contributed by atoms with E-state index in [1.807, 2.05) is 0 Å². The van der Waals surface area contributed by atoms with Crippen molar-refractivity contribution in [3.05, 3.63) is 106 Å². The monoisotopic (exact) mass is 685 g/mol. The van der Waals surface area contributed by atoms with Crippen molar-refractivity contribution in [1.29, 1.82) is 0 Å². The van der Waals surface area contributed by atoms with Gasteiger partial charge in [-0.1, -0.05) is 6.08 Å². The number of halogens is 3. The number of fused-ring (bicyclic) bond motifs is 1. The van der Waals surface area contributed by atoms with E-state index in [-0.39, 0.29) is 55.0 Å². The third kappa shape index (κ3) is 12.2. The van der Waals surface area contributed by atoms with Crippen LogP contribution in [0, 0.1) is 17.5 Å². The number of primary amides is 1. The summed E-state index contributed by atoms with van der Waals surface area (Å²) in [7, 11) is 4.82. The Bertz CT molecular complexity index is 1840. The van der Waals surface area contributed by atoms with Gasteiger partial charge in [0.05, 0.1) is 18.7 Å². The van der Waals surface area contributed by atoms with E-state index in [1.54, 1.807) is 38.5 Å². The number of nitrogens with one attached hydrogen (secondary N) is 2. The third-order valence-electron chi connectivity index (χ3n) is 6.75. The molecule has 0 bridgehead atoms. The normalized spacial score (nSPS) is 10.8. The second-order valence-electron chi connectivity index (χ2n) is 10.8. The molecule has 0 atom stereocenters. The standard InChI is InChI=1S/C30H29F3N4O4.C4H9NO3/c1-36(2)28(39)9-5-3-4-8-27(38)35-25-7-6-12-37(30(25)40)17-23-14-20-13-22(32)16-26(29(20)34-23)41-18-19-10-11-21(31)15-24(19)33;1-7-2-3-8-4(5)6/h5-7,9-16,34H,3-4,8,17-18H2,1-2H3,(H,35,38);2-3H2,1H3,(H2,5,6)/b9-5+;. The molecule has 12 nitrogen and oxygen atoms in total. The third-order valence-corrected chi connectivity index (χ3v) is 6.75. The highest BCUT2D eigenvalue weighted by Crippen LogP contribution is 2.29. The van der Waals surface area contributed by atoms with Crippen molar-refractivity contribution in [2.45, 2.75) is 32.4 Å². The number of hydrogen-bond donors (Lipinski definition) is 3. The lowest BCUT2D eigenvalue weighted by molar-refractivity contribution is -0.123. The Morgan fingerprint density at radius 1 is 1.04 bits per heavy atom. The summed E-state index contributed by atoms with van der Waals surface area (Å²) in [6, 6.07) is 10.4. The minimum Gasteiger partial charge on any atom is -0.486 e. The van der Waals surface area contributed by atoms with Crippen LogP contribution in [0.5, 0.6) is 5.75 Å². The molecule has 3 amide bonds. The van der Waals surface area contributed by atoms with Crippen LogP contribution in [-0.2, 0) is 32.2 Å². The van der Waals surface area contributed by atoms with Crippen molar-refractivity contribution in [3.8, 4) is 5.75 Å². The molecule has 0 spiro atoms. The van der Waals surface area contributed by atoms with Gasteiger partial charge in [-0.25, -0.2) is 18.0 Å². The molecule has 2 heterocycles. The van der Waals surface area contributed by atoms with Gasteiger partial charge >= 0.3 is 6.09 Å². The predicted molar refractivity (Wildman–Crippen MR) is 176 cm³/mol. The lowest BCUT2D eigenvalue weighted by atomic mass is 10.2. The summed E-state index contributed by atoms with van der Waals surface area (Å²) in [5.74, 6) is -2.39. The van der Waals surface area contributed by atoms with E-state index in [1.165, 1.54) is 40.9 Å². The van der Waals surface area contributed by atoms with E-state index in [2.05, 4.69) is 25.5 Å². The number of H-pyrrole nitrogens is 1. The number of ether oxygens (including phenoxy) is 3. The molecule has 4 N–H and O–H groups in total. The zero-order valence-electron chi connectivity index (χ0n) is 27.3. The van der Waals surface area contributed by atoms with Gasteiger partial charge in [0.25, 0.3) is 5.56 Å². The number of rotatable bonds is 14. The van der Waals surface area contributed by atoms with Crippen molar-refractivity contribution < 1.29 is 41.8 Å². The van der Waals surface area contributed by atoms with Gasteiger partial charge < -0.3 is 39.7 Å². The SMILES string of the molecule is CN(C)C(=O)/C=C/CCCC(=O)Nc1cccn(Cc2cc3cc(F)cc(OCc4ccc(F)cc4F)c3[nH]2)c1=O.COCCOC(N)=O. The van der Waals surface area contributed by atoms with Crippen LogP contribution in [-0.4, -0.2) is 66.8 Å². The minimum absolute atomic E-state index is 0.0928. The van der Waals surface area contributed by atoms with E-state index in [0.29, 0.717) is 36.0 Å². The molecule has 0 fully saturated rings. The van der Waals surface area contributed by atoms with E-state index in [9.17, 15) is 32.3 Å². The van der Waals surface area contributed by atoms with Gasteiger partial charge in [-0.05, 0) is 55.3 Å². The van der Waals surface area contributed by atoms with Crippen LogP contribution in [0.25, 0.3) is 10.9 Å². The second-order valence-corrected chi connectivity index (χ2v) is 10.8. The molecule has 0 aliphatic carbocycles. The van der Waals surface area contributed by atoms with Gasteiger partial charge in [0.15, 0.2) is 0 Å². The molecule has 0 unspecified atom stereocenters. The van der Waals surface area contributed by atoms with Crippen molar-refractivity contribution in [3.63, 3.8) is 0 Å². The molecule has 2 aromatic carbocycles. The summed E-state index contributed by atoms with van der Waals surface area (Å²) in [6.45, 7) is 0.467. The highest BCUT2D eigenvalue weighted by Gasteiger charge is 2.14. The van der Waals surface area contributed by atoms with Crippen molar-refractivity contribution in [2.24, 2.45) is 5.73 Å². The van der Waals surface area contributed by atoms with Crippen LogP contribution in [0.1, 0.15) is 30.5 Å². The number of nitrogens with two attached hydrogens (primary N) is 1. The number of aromatic amines is 1. The maximum Gasteiger partial charge on any atom is 0.404 e. The Morgan fingerprint density at radius 3 is 2.51 bits per heavy atom. The lowest BCUT2D eigenvalue weighted by Crippen LogP contribution is -2.25. The number of nitrogens with zero attached hydrogens (tertiary/aromatic N) is 2. The van der Waals surface area contributed by atoms with Crippen LogP contribution in [0.4, 0.5) is 23.7 Å². The molecule has 0 saturated heterocycles. The molecule has 15 heteroatoms. The van der Waals surface area contributed by atoms with Crippen molar-refractivity contribution in [1.82, 2.24) is 14.5 Å². The number of benzene rings is 2. The van der Waals surface area contributed by atoms with Gasteiger partial charge in [0.1, 0.15) is 42.1 Å². The summed E-state index contributed by atoms with van der Waals surface area (Å²) in [5, 5.41) is 3.11. The number of aromatic nitrogens is 2. The first-order valence-electron chi connectivity index (χ1n) is 15.0. The summed E-state index contributed by atoms with van der Waals surface area (Å²) in [6.07, 6.45) is 5.17. The lowest BCUT2D eigenvalue weighted by Gasteiger charge is -2.09. The first-order valence-corrected chi connectivity index (χ1v) is 15.0. The Hall–Kier alpha value is -5.57. The number of anilines is 1. The fourth-order valence-electron chi connectivity index (χ4n) is 4.32. The molecule has 49 heavy (non-hydrogen) atoms. The number of hydrogen-bond acceptors (Lipinski definition) is 7. The average molecular weight is 686 g/mol. The molecule has 0 aliphatic rings. The van der Waals surface area contributed by atoms with Crippen LogP contribution < -0.4 is 21.3 Å². The summed E-state index contributed by atoms with van der Waals surface area (Å²) < 4.78 is 57.4. The van der Waals surface area contributed by atoms with Gasteiger partial charge in [-0.15, -0.1) is 0 Å². The van der Waals surface area contributed by atoms with E-state index in [4.69, 9.17) is 4.74 Å². The Balaban J connectivity index is 0.000000723. The van der Waals surface area contributed by atoms with Gasteiger partial charge in [0, 0.05) is 62.6 Å². The number of allylic oxidation sites excluding steroid dienone is 1. The fraction of sp³-hybridized carbons (Fsp3) is 0.294. The van der Waals surface area contributed by atoms with Crippen LogP contribution in [0.3, 0.4) is 0 Å². The minimum atomic E-state index is -0.774. The smallest absolute Gasteiger partial charge is 0.404 e. The Kier molecular flexibility index (Phi) is 14.4. The molecular weight excluding hydrogens is 647 g/mol. The number of carbonyl (C=O) groups is 3. The number of pyridine rings is 1. The highest BCUT2D eigenvalue weighted by atomic mass is 19.1. The quantitative estimate of drug-likeness (QED) is 0.126. The zero-order valence-corrected chi connectivity index (χ0v) is 27.3. The molecule has 0 saturated carbocycles. The number of methoxy groups -OCH3 is 1. The van der Waals surface area contributed by atoms with Gasteiger partial charge in [-0.2, -0.15) is 0 Å². The average Bonchev–Trinajstić information content (AvgIpc) is 3.44. The number of likely N-dealkylation sites (N-methyl/N-ethyl adjacent to an activating group) is 1. The van der Waals surface area contributed by atoms with Gasteiger partial charge in [-0.3, -0.25) is 14.4 Å². The van der Waals surface area contributed by atoms with Crippen LogP contribution >= 0.6 is 0 Å². The molecule has 4 aromatic rings. The fourth-order valence-corrected chi connectivity index (χ4v) is 4.32. The second kappa shape index (κ2) is 18.7. The Labute approximate surface area is 280 Å². The van der Waals surface area contributed by atoms with E-state index < -0.39 is 29.1 Å². The zero-order chi connectivity index (χ0) is 35.9. The van der Waals surface area contributed by atoms with Crippen LogP contribution in [0.2, 0.25) is 0 Å². The molecule has 2 aromatic heterocycles. The molecule has 262 valence electrons. The number of amides is 3.